The van der Waals surface area contributed by atoms with Crippen molar-refractivity contribution < 1.29 is 24.2 Å². The largest absolute Gasteiger partial charge is 0.497 e. The van der Waals surface area contributed by atoms with Crippen molar-refractivity contribution in [3.63, 3.8) is 0 Å². The molecule has 9 heteroatoms. The molecule has 0 aliphatic carbocycles. The summed E-state index contributed by atoms with van der Waals surface area (Å²) in [5.74, 6) is -0.487. The van der Waals surface area contributed by atoms with Crippen molar-refractivity contribution in [3.05, 3.63) is 94.6 Å². The fourth-order valence-electron chi connectivity index (χ4n) is 4.22. The van der Waals surface area contributed by atoms with Crippen LogP contribution in [0.15, 0.2) is 72.8 Å². The molecule has 1 saturated heterocycles. The SMILES string of the molecule is COc1ccc2c(c1)c(CC(=O)O)c(C)n2C(=O)c1ccc(Cl)cc1.O=C1CCN(c2ccccc2)N1. The molecule has 0 bridgehead atoms. The molecule has 1 aliphatic rings. The van der Waals surface area contributed by atoms with Crippen molar-refractivity contribution in [2.45, 2.75) is 19.8 Å². The number of fused-ring (bicyclic) bond motifs is 1. The fraction of sp³-hybridized carbons (Fsp3) is 0.179. The van der Waals surface area contributed by atoms with Crippen LogP contribution in [0.2, 0.25) is 5.02 Å². The van der Waals surface area contributed by atoms with Gasteiger partial charge in [-0.3, -0.25) is 29.4 Å². The first-order valence-corrected chi connectivity index (χ1v) is 12.0. The number of halogens is 1. The van der Waals surface area contributed by atoms with Crippen LogP contribution in [0.1, 0.15) is 28.0 Å². The molecule has 1 amide bonds. The molecular weight excluding hydrogens is 494 g/mol. The Morgan fingerprint density at radius 3 is 2.35 bits per heavy atom. The van der Waals surface area contributed by atoms with Crippen LogP contribution in [-0.4, -0.2) is 41.1 Å². The second kappa shape index (κ2) is 11.2. The summed E-state index contributed by atoms with van der Waals surface area (Å²) >= 11 is 5.89. The number of methoxy groups -OCH3 is 1. The molecule has 1 aromatic heterocycles. The number of ether oxygens (including phenoxy) is 1. The van der Waals surface area contributed by atoms with Crippen molar-refractivity contribution in [1.82, 2.24) is 9.99 Å². The molecule has 0 saturated carbocycles. The summed E-state index contributed by atoms with van der Waals surface area (Å²) in [6.45, 7) is 2.52. The number of carboxylic acids is 1. The van der Waals surface area contributed by atoms with Crippen LogP contribution >= 0.6 is 11.6 Å². The number of hydrogen-bond donors (Lipinski definition) is 2. The molecule has 0 radical (unpaired) electrons. The zero-order valence-electron chi connectivity index (χ0n) is 20.4. The van der Waals surface area contributed by atoms with E-state index in [-0.39, 0.29) is 18.2 Å². The maximum atomic E-state index is 13.0. The van der Waals surface area contributed by atoms with Crippen LogP contribution in [0.5, 0.6) is 5.75 Å². The molecule has 0 atom stereocenters. The van der Waals surface area contributed by atoms with Gasteiger partial charge in [0.1, 0.15) is 5.75 Å². The van der Waals surface area contributed by atoms with Gasteiger partial charge in [0.2, 0.25) is 5.91 Å². The molecule has 1 aliphatic heterocycles. The molecule has 3 aromatic carbocycles. The van der Waals surface area contributed by atoms with E-state index >= 15 is 0 Å². The summed E-state index contributed by atoms with van der Waals surface area (Å²) < 4.78 is 6.77. The Bertz CT molecular complexity index is 1450. The lowest BCUT2D eigenvalue weighted by Gasteiger charge is -2.16. The molecule has 190 valence electrons. The third-order valence-corrected chi connectivity index (χ3v) is 6.31. The van der Waals surface area contributed by atoms with Gasteiger partial charge in [0, 0.05) is 34.6 Å². The number of carbonyl (C=O) groups is 3. The van der Waals surface area contributed by atoms with Crippen molar-refractivity contribution in [3.8, 4) is 5.75 Å². The first-order chi connectivity index (χ1) is 17.8. The monoisotopic (exact) mass is 519 g/mol. The number of nitrogens with zero attached hydrogens (tertiary/aromatic N) is 2. The summed E-state index contributed by atoms with van der Waals surface area (Å²) in [5.41, 5.74) is 6.13. The third-order valence-electron chi connectivity index (χ3n) is 6.05. The Hall–Kier alpha value is -4.30. The smallest absolute Gasteiger partial charge is 0.307 e. The minimum atomic E-state index is -0.955. The minimum absolute atomic E-state index is 0.0962. The van der Waals surface area contributed by atoms with Gasteiger partial charge in [0.15, 0.2) is 0 Å². The minimum Gasteiger partial charge on any atom is -0.497 e. The molecule has 4 aromatic rings. The van der Waals surface area contributed by atoms with Crippen molar-refractivity contribution >= 4 is 46.0 Å². The second-order valence-electron chi connectivity index (χ2n) is 8.44. The summed E-state index contributed by atoms with van der Waals surface area (Å²) in [6, 6.07) is 21.7. The Balaban J connectivity index is 0.000000222. The summed E-state index contributed by atoms with van der Waals surface area (Å²) in [7, 11) is 1.54. The van der Waals surface area contributed by atoms with Gasteiger partial charge in [0.25, 0.3) is 5.91 Å². The Morgan fingerprint density at radius 2 is 1.76 bits per heavy atom. The van der Waals surface area contributed by atoms with Crippen LogP contribution in [0.4, 0.5) is 5.69 Å². The highest BCUT2D eigenvalue weighted by Crippen LogP contribution is 2.30. The van der Waals surface area contributed by atoms with Crippen LogP contribution in [0, 0.1) is 6.92 Å². The second-order valence-corrected chi connectivity index (χ2v) is 8.87. The molecule has 1 fully saturated rings. The number of carbonyl (C=O) groups excluding carboxylic acids is 2. The molecule has 5 rings (SSSR count). The van der Waals surface area contributed by atoms with Gasteiger partial charge in [-0.2, -0.15) is 0 Å². The lowest BCUT2D eigenvalue weighted by Crippen LogP contribution is -2.32. The van der Waals surface area contributed by atoms with Crippen LogP contribution in [0.25, 0.3) is 10.9 Å². The molecule has 8 nitrogen and oxygen atoms in total. The average molecular weight is 520 g/mol. The number of aliphatic carboxylic acids is 1. The van der Waals surface area contributed by atoms with E-state index in [1.54, 1.807) is 56.5 Å². The van der Waals surface area contributed by atoms with E-state index in [2.05, 4.69) is 5.43 Å². The number of anilines is 1. The predicted molar refractivity (Wildman–Crippen MR) is 142 cm³/mol. The molecule has 2 N–H and O–H groups in total. The maximum absolute atomic E-state index is 13.0. The van der Waals surface area contributed by atoms with Crippen molar-refractivity contribution in [1.29, 1.82) is 0 Å². The number of nitrogens with one attached hydrogen (secondary N) is 1. The number of para-hydroxylation sites is 1. The first kappa shape index (κ1) is 25.8. The van der Waals surface area contributed by atoms with E-state index in [9.17, 15) is 19.5 Å². The highest BCUT2D eigenvalue weighted by atomic mass is 35.5. The lowest BCUT2D eigenvalue weighted by molar-refractivity contribution is -0.136. The van der Waals surface area contributed by atoms with Gasteiger partial charge in [0.05, 0.1) is 24.7 Å². The number of hydrogen-bond acceptors (Lipinski definition) is 5. The van der Waals surface area contributed by atoms with Crippen LogP contribution in [-0.2, 0) is 16.0 Å². The van der Waals surface area contributed by atoms with Gasteiger partial charge in [-0.05, 0) is 67.1 Å². The molecule has 2 heterocycles. The van der Waals surface area contributed by atoms with E-state index in [4.69, 9.17) is 16.3 Å². The van der Waals surface area contributed by atoms with Crippen molar-refractivity contribution in [2.75, 3.05) is 18.7 Å². The standard InChI is InChI=1S/C19H16ClNO4.C9H10N2O/c1-11-15(10-18(22)23)16-9-14(25-2)7-8-17(16)21(11)19(24)12-3-5-13(20)6-4-12;12-9-6-7-11(10-9)8-4-2-1-3-5-8/h3-9H,10H2,1-2H3,(H,22,23);1-5H,6-7H2,(H,10,12). The normalized spacial score (nSPS) is 12.6. The molecule has 37 heavy (non-hydrogen) atoms. The highest BCUT2D eigenvalue weighted by molar-refractivity contribution is 6.30. The number of carboxylic acid groups (broad SMARTS) is 1. The van der Waals surface area contributed by atoms with Crippen LogP contribution in [0.3, 0.4) is 0 Å². The Morgan fingerprint density at radius 1 is 1.05 bits per heavy atom. The maximum Gasteiger partial charge on any atom is 0.307 e. The summed E-state index contributed by atoms with van der Waals surface area (Å²) in [6.07, 6.45) is 0.422. The number of benzene rings is 3. The molecular formula is C28H26ClN3O5. The van der Waals surface area contributed by atoms with Crippen molar-refractivity contribution in [2.24, 2.45) is 0 Å². The van der Waals surface area contributed by atoms with E-state index in [1.165, 1.54) is 4.57 Å². The van der Waals surface area contributed by atoms with E-state index in [0.29, 0.717) is 44.9 Å². The number of aromatic nitrogens is 1. The third kappa shape index (κ3) is 5.76. The summed E-state index contributed by atoms with van der Waals surface area (Å²) in [4.78, 5) is 35.1. The topological polar surface area (TPSA) is 101 Å². The molecule has 0 unspecified atom stereocenters. The quantitative estimate of drug-likeness (QED) is 0.391. The number of rotatable bonds is 5. The summed E-state index contributed by atoms with van der Waals surface area (Å²) in [5, 5.41) is 12.3. The van der Waals surface area contributed by atoms with E-state index < -0.39 is 5.97 Å². The zero-order valence-corrected chi connectivity index (χ0v) is 21.2. The number of hydrazine groups is 1. The zero-order chi connectivity index (χ0) is 26.5. The number of amides is 1. The van der Waals surface area contributed by atoms with Gasteiger partial charge in [-0.25, -0.2) is 0 Å². The Kier molecular flexibility index (Phi) is 7.79. The highest BCUT2D eigenvalue weighted by Gasteiger charge is 2.22. The van der Waals surface area contributed by atoms with Crippen LogP contribution < -0.4 is 15.2 Å². The van der Waals surface area contributed by atoms with E-state index in [0.717, 1.165) is 12.2 Å². The first-order valence-electron chi connectivity index (χ1n) is 11.6. The average Bonchev–Trinajstić information content (AvgIpc) is 3.45. The fourth-order valence-corrected chi connectivity index (χ4v) is 4.35. The molecule has 0 spiro atoms. The van der Waals surface area contributed by atoms with Gasteiger partial charge in [-0.15, -0.1) is 0 Å². The predicted octanol–water partition coefficient (Wildman–Crippen LogP) is 4.86. The lowest BCUT2D eigenvalue weighted by atomic mass is 10.1. The van der Waals surface area contributed by atoms with Gasteiger partial charge < -0.3 is 9.84 Å². The van der Waals surface area contributed by atoms with E-state index in [1.807, 2.05) is 35.3 Å². The Labute approximate surface area is 219 Å². The van der Waals surface area contributed by atoms with Gasteiger partial charge in [-0.1, -0.05) is 29.8 Å². The van der Waals surface area contributed by atoms with Gasteiger partial charge >= 0.3 is 5.97 Å².